The SMILES string of the molecule is C[Si](O)(c1ccc(N)cc1)c1ccc(N)cc1. The van der Waals surface area contributed by atoms with E-state index in [2.05, 4.69) is 0 Å². The highest BCUT2D eigenvalue weighted by Crippen LogP contribution is 2.06. The number of nitrogen functional groups attached to an aromatic ring is 2. The summed E-state index contributed by atoms with van der Waals surface area (Å²) < 4.78 is 0. The van der Waals surface area contributed by atoms with E-state index in [1.807, 2.05) is 55.1 Å². The molecular weight excluding hydrogens is 228 g/mol. The van der Waals surface area contributed by atoms with Gasteiger partial charge in [0.05, 0.1) is 0 Å². The lowest BCUT2D eigenvalue weighted by molar-refractivity contribution is 0.576. The number of nitrogens with two attached hydrogens (primary N) is 2. The number of rotatable bonds is 2. The van der Waals surface area contributed by atoms with Crippen molar-refractivity contribution < 1.29 is 4.80 Å². The first-order chi connectivity index (χ1) is 8.00. The van der Waals surface area contributed by atoms with Crippen LogP contribution in [0.3, 0.4) is 0 Å². The van der Waals surface area contributed by atoms with Crippen molar-refractivity contribution in [3.05, 3.63) is 48.5 Å². The molecule has 0 fully saturated rings. The van der Waals surface area contributed by atoms with Crippen molar-refractivity contribution >= 4 is 30.1 Å². The predicted molar refractivity (Wildman–Crippen MR) is 74.8 cm³/mol. The van der Waals surface area contributed by atoms with E-state index in [9.17, 15) is 4.80 Å². The topological polar surface area (TPSA) is 72.3 Å². The van der Waals surface area contributed by atoms with Crippen molar-refractivity contribution in [3.63, 3.8) is 0 Å². The molecule has 0 aliphatic rings. The Bertz CT molecular complexity index is 458. The molecule has 5 N–H and O–H groups in total. The summed E-state index contributed by atoms with van der Waals surface area (Å²) >= 11 is 0. The van der Waals surface area contributed by atoms with E-state index in [1.165, 1.54) is 0 Å². The Morgan fingerprint density at radius 1 is 0.765 bits per heavy atom. The molecule has 0 saturated heterocycles. The van der Waals surface area contributed by atoms with Gasteiger partial charge in [-0.25, -0.2) is 0 Å². The fourth-order valence-electron chi connectivity index (χ4n) is 1.78. The van der Waals surface area contributed by atoms with Gasteiger partial charge in [0, 0.05) is 11.4 Å². The van der Waals surface area contributed by atoms with Crippen molar-refractivity contribution in [1.82, 2.24) is 0 Å². The molecule has 2 aromatic rings. The minimum absolute atomic E-state index is 0.704. The second-order valence-corrected chi connectivity index (χ2v) is 7.62. The van der Waals surface area contributed by atoms with E-state index in [0.717, 1.165) is 10.4 Å². The quantitative estimate of drug-likeness (QED) is 0.533. The van der Waals surface area contributed by atoms with Gasteiger partial charge in [0.25, 0.3) is 0 Å². The summed E-state index contributed by atoms with van der Waals surface area (Å²) in [6.45, 7) is 1.89. The molecule has 0 spiro atoms. The fourth-order valence-corrected chi connectivity index (χ4v) is 3.75. The summed E-state index contributed by atoms with van der Waals surface area (Å²) in [5.74, 6) is 0. The Labute approximate surface area is 102 Å². The first kappa shape index (κ1) is 11.7. The van der Waals surface area contributed by atoms with Crippen LogP contribution in [0.4, 0.5) is 11.4 Å². The molecule has 0 aliphatic carbocycles. The molecule has 0 unspecified atom stereocenters. The van der Waals surface area contributed by atoms with Gasteiger partial charge in [-0.2, -0.15) is 0 Å². The van der Waals surface area contributed by atoms with Gasteiger partial charge < -0.3 is 16.3 Å². The van der Waals surface area contributed by atoms with Crippen LogP contribution in [0.1, 0.15) is 0 Å². The second-order valence-electron chi connectivity index (χ2n) is 4.32. The zero-order chi connectivity index (χ0) is 12.5. The van der Waals surface area contributed by atoms with Crippen LogP contribution < -0.4 is 21.8 Å². The standard InChI is InChI=1S/C13H16N2OSi/c1-17(16,12-6-2-10(14)3-7-12)13-8-4-11(15)5-9-13/h2-9,16H,14-15H2,1H3. The summed E-state index contributed by atoms with van der Waals surface area (Å²) in [4.78, 5) is 10.7. The zero-order valence-corrected chi connectivity index (χ0v) is 10.7. The van der Waals surface area contributed by atoms with Crippen LogP contribution in [0.5, 0.6) is 0 Å². The van der Waals surface area contributed by atoms with Crippen LogP contribution >= 0.6 is 0 Å². The van der Waals surface area contributed by atoms with Gasteiger partial charge >= 0.3 is 0 Å². The summed E-state index contributed by atoms with van der Waals surface area (Å²) in [7, 11) is -2.61. The molecule has 88 valence electrons. The molecule has 2 rings (SSSR count). The van der Waals surface area contributed by atoms with Crippen molar-refractivity contribution in [2.45, 2.75) is 6.55 Å². The van der Waals surface area contributed by atoms with E-state index in [0.29, 0.717) is 11.4 Å². The average molecular weight is 244 g/mol. The third kappa shape index (κ3) is 2.32. The average Bonchev–Trinajstić information content (AvgIpc) is 2.30. The van der Waals surface area contributed by atoms with Crippen LogP contribution in [-0.4, -0.2) is 13.1 Å². The van der Waals surface area contributed by atoms with Gasteiger partial charge in [0.2, 0.25) is 8.32 Å². The highest BCUT2D eigenvalue weighted by Gasteiger charge is 2.29. The molecular formula is C13H16N2OSi. The highest BCUT2D eigenvalue weighted by atomic mass is 28.4. The predicted octanol–water partition coefficient (Wildman–Crippen LogP) is 0.533. The largest absolute Gasteiger partial charge is 0.424 e. The highest BCUT2D eigenvalue weighted by molar-refractivity contribution is 6.95. The van der Waals surface area contributed by atoms with E-state index in [4.69, 9.17) is 11.5 Å². The molecule has 0 aliphatic heterocycles. The van der Waals surface area contributed by atoms with Crippen LogP contribution in [0.25, 0.3) is 0 Å². The minimum atomic E-state index is -2.61. The number of benzene rings is 2. The van der Waals surface area contributed by atoms with E-state index >= 15 is 0 Å². The fraction of sp³-hybridized carbons (Fsp3) is 0.0769. The molecule has 0 atom stereocenters. The lowest BCUT2D eigenvalue weighted by atomic mass is 10.3. The first-order valence-corrected chi connectivity index (χ1v) is 7.89. The molecule has 0 aromatic heterocycles. The van der Waals surface area contributed by atoms with Crippen molar-refractivity contribution in [3.8, 4) is 0 Å². The third-order valence-electron chi connectivity index (χ3n) is 2.95. The summed E-state index contributed by atoms with van der Waals surface area (Å²) in [6, 6.07) is 14.8. The van der Waals surface area contributed by atoms with Crippen molar-refractivity contribution in [2.24, 2.45) is 0 Å². The smallest absolute Gasteiger partial charge is 0.249 e. The van der Waals surface area contributed by atoms with Crippen LogP contribution in [0, 0.1) is 0 Å². The Balaban J connectivity index is 2.41. The lowest BCUT2D eigenvalue weighted by Crippen LogP contribution is -2.55. The van der Waals surface area contributed by atoms with E-state index < -0.39 is 8.32 Å². The normalized spacial score (nSPS) is 11.4. The van der Waals surface area contributed by atoms with E-state index in [1.54, 1.807) is 0 Å². The van der Waals surface area contributed by atoms with Gasteiger partial charge in [-0.1, -0.05) is 24.3 Å². The molecule has 2 aromatic carbocycles. The molecule has 17 heavy (non-hydrogen) atoms. The van der Waals surface area contributed by atoms with E-state index in [-0.39, 0.29) is 0 Å². The minimum Gasteiger partial charge on any atom is -0.424 e. The third-order valence-corrected chi connectivity index (χ3v) is 5.86. The molecule has 0 bridgehead atoms. The number of hydrogen-bond acceptors (Lipinski definition) is 3. The number of anilines is 2. The van der Waals surface area contributed by atoms with Crippen LogP contribution in [0.2, 0.25) is 6.55 Å². The summed E-state index contributed by atoms with van der Waals surface area (Å²) in [5.41, 5.74) is 12.7. The molecule has 0 radical (unpaired) electrons. The summed E-state index contributed by atoms with van der Waals surface area (Å²) in [6.07, 6.45) is 0. The molecule has 4 heteroatoms. The Kier molecular flexibility index (Phi) is 2.91. The van der Waals surface area contributed by atoms with Gasteiger partial charge in [-0.15, -0.1) is 0 Å². The maximum absolute atomic E-state index is 10.7. The van der Waals surface area contributed by atoms with Crippen molar-refractivity contribution in [1.29, 1.82) is 0 Å². The molecule has 0 saturated carbocycles. The Morgan fingerprint density at radius 2 is 1.06 bits per heavy atom. The first-order valence-electron chi connectivity index (χ1n) is 5.44. The van der Waals surface area contributed by atoms with Crippen LogP contribution in [-0.2, 0) is 0 Å². The lowest BCUT2D eigenvalue weighted by Gasteiger charge is -2.21. The van der Waals surface area contributed by atoms with Crippen molar-refractivity contribution in [2.75, 3.05) is 11.5 Å². The number of hydrogen-bond donors (Lipinski definition) is 3. The maximum atomic E-state index is 10.7. The van der Waals surface area contributed by atoms with Gasteiger partial charge in [-0.05, 0) is 41.2 Å². The molecule has 0 amide bonds. The molecule has 3 nitrogen and oxygen atoms in total. The second kappa shape index (κ2) is 4.23. The van der Waals surface area contributed by atoms with Gasteiger partial charge in [-0.3, -0.25) is 0 Å². The maximum Gasteiger partial charge on any atom is 0.249 e. The Morgan fingerprint density at radius 3 is 1.35 bits per heavy atom. The van der Waals surface area contributed by atoms with Gasteiger partial charge in [0.1, 0.15) is 0 Å². The zero-order valence-electron chi connectivity index (χ0n) is 9.72. The Hall–Kier alpha value is -1.78. The molecule has 0 heterocycles. The van der Waals surface area contributed by atoms with Gasteiger partial charge in [0.15, 0.2) is 0 Å². The summed E-state index contributed by atoms with van der Waals surface area (Å²) in [5, 5.41) is 1.88. The monoisotopic (exact) mass is 244 g/mol. The van der Waals surface area contributed by atoms with Crippen LogP contribution in [0.15, 0.2) is 48.5 Å².